The van der Waals surface area contributed by atoms with Gasteiger partial charge >= 0.3 is 11.9 Å². The highest BCUT2D eigenvalue weighted by molar-refractivity contribution is 7.13. The molecule has 0 aliphatic carbocycles. The van der Waals surface area contributed by atoms with Crippen molar-refractivity contribution in [3.8, 4) is 0 Å². The van der Waals surface area contributed by atoms with E-state index in [-0.39, 0.29) is 6.42 Å². The molecule has 0 saturated heterocycles. The van der Waals surface area contributed by atoms with Gasteiger partial charge in [0, 0.05) is 28.4 Å². The number of aryl methyl sites for hydroxylation is 1. The van der Waals surface area contributed by atoms with Crippen LogP contribution in [0, 0.1) is 6.92 Å². The Labute approximate surface area is 165 Å². The van der Waals surface area contributed by atoms with Crippen LogP contribution >= 0.6 is 11.3 Å². The highest BCUT2D eigenvalue weighted by Crippen LogP contribution is 2.19. The van der Waals surface area contributed by atoms with Gasteiger partial charge < -0.3 is 19.8 Å². The number of fused-ring (bicyclic) bond motifs is 1. The van der Waals surface area contributed by atoms with Crippen molar-refractivity contribution in [2.24, 2.45) is 0 Å². The molecule has 0 spiro atoms. The lowest BCUT2D eigenvalue weighted by atomic mass is 10.0. The van der Waals surface area contributed by atoms with E-state index in [1.165, 1.54) is 18.4 Å². The van der Waals surface area contributed by atoms with Gasteiger partial charge in [0.15, 0.2) is 6.61 Å². The Morgan fingerprint density at radius 1 is 1.18 bits per heavy atom. The Balaban J connectivity index is 1.62. The van der Waals surface area contributed by atoms with Crippen LogP contribution in [0.25, 0.3) is 10.9 Å². The predicted molar refractivity (Wildman–Crippen MR) is 105 cm³/mol. The average Bonchev–Trinajstić information content (AvgIpc) is 3.31. The summed E-state index contributed by atoms with van der Waals surface area (Å²) in [5.41, 5.74) is 1.81. The number of ether oxygens (including phenoxy) is 2. The first-order chi connectivity index (χ1) is 13.5. The Kier molecular flexibility index (Phi) is 6.10. The van der Waals surface area contributed by atoms with E-state index in [1.807, 2.05) is 31.2 Å². The van der Waals surface area contributed by atoms with Gasteiger partial charge in [-0.2, -0.15) is 0 Å². The quantitative estimate of drug-likeness (QED) is 0.594. The number of para-hydroxylation sites is 1. The molecular formula is C20H20N2O5S. The largest absolute Gasteiger partial charge is 0.467 e. The number of benzene rings is 1. The SMILES string of the molecule is COC(=O)[C@H](Cc1c[nH]c2ccccc12)NC(=O)COC(=O)c1ccc(C)s1. The lowest BCUT2D eigenvalue weighted by Crippen LogP contribution is -2.44. The number of esters is 2. The minimum absolute atomic E-state index is 0.250. The number of H-pyrrole nitrogens is 1. The molecule has 1 amide bonds. The van der Waals surface area contributed by atoms with Crippen molar-refractivity contribution in [1.82, 2.24) is 10.3 Å². The molecule has 3 rings (SSSR count). The van der Waals surface area contributed by atoms with E-state index in [4.69, 9.17) is 9.47 Å². The third-order valence-corrected chi connectivity index (χ3v) is 5.18. The first kappa shape index (κ1) is 19.6. The topological polar surface area (TPSA) is 97.5 Å². The number of amides is 1. The van der Waals surface area contributed by atoms with Crippen molar-refractivity contribution in [3.05, 3.63) is 57.9 Å². The zero-order chi connectivity index (χ0) is 20.1. The first-order valence-electron chi connectivity index (χ1n) is 8.63. The molecule has 0 radical (unpaired) electrons. The summed E-state index contributed by atoms with van der Waals surface area (Å²) in [6.07, 6.45) is 2.05. The fourth-order valence-corrected chi connectivity index (χ4v) is 3.60. The van der Waals surface area contributed by atoms with Gasteiger partial charge in [-0.15, -0.1) is 11.3 Å². The molecule has 0 bridgehead atoms. The molecule has 0 fully saturated rings. The van der Waals surface area contributed by atoms with Crippen molar-refractivity contribution in [3.63, 3.8) is 0 Å². The van der Waals surface area contributed by atoms with E-state index in [0.29, 0.717) is 4.88 Å². The molecule has 0 unspecified atom stereocenters. The summed E-state index contributed by atoms with van der Waals surface area (Å²) in [4.78, 5) is 40.8. The summed E-state index contributed by atoms with van der Waals surface area (Å²) >= 11 is 1.29. The van der Waals surface area contributed by atoms with Gasteiger partial charge in [-0.3, -0.25) is 4.79 Å². The van der Waals surface area contributed by atoms with E-state index >= 15 is 0 Å². The molecule has 3 aromatic rings. The molecule has 0 saturated carbocycles. The highest BCUT2D eigenvalue weighted by atomic mass is 32.1. The predicted octanol–water partition coefficient (Wildman–Crippen LogP) is 2.60. The molecule has 2 heterocycles. The minimum Gasteiger partial charge on any atom is -0.467 e. The Morgan fingerprint density at radius 2 is 1.96 bits per heavy atom. The third-order valence-electron chi connectivity index (χ3n) is 4.20. The highest BCUT2D eigenvalue weighted by Gasteiger charge is 2.24. The second kappa shape index (κ2) is 8.71. The normalized spacial score (nSPS) is 11.8. The summed E-state index contributed by atoms with van der Waals surface area (Å²) < 4.78 is 9.83. The van der Waals surface area contributed by atoms with Crippen molar-refractivity contribution < 1.29 is 23.9 Å². The van der Waals surface area contributed by atoms with Crippen molar-refractivity contribution in [1.29, 1.82) is 0 Å². The Hall–Kier alpha value is -3.13. The fourth-order valence-electron chi connectivity index (χ4n) is 2.84. The van der Waals surface area contributed by atoms with Gasteiger partial charge in [-0.1, -0.05) is 18.2 Å². The van der Waals surface area contributed by atoms with Crippen LogP contribution < -0.4 is 5.32 Å². The van der Waals surface area contributed by atoms with Crippen LogP contribution in [0.2, 0.25) is 0 Å². The van der Waals surface area contributed by atoms with Crippen LogP contribution in [0.5, 0.6) is 0 Å². The van der Waals surface area contributed by atoms with Gasteiger partial charge in [0.05, 0.1) is 7.11 Å². The zero-order valence-corrected chi connectivity index (χ0v) is 16.3. The number of thiophene rings is 1. The third kappa shape index (κ3) is 4.58. The van der Waals surface area contributed by atoms with Crippen molar-refractivity contribution >= 4 is 40.1 Å². The molecule has 28 heavy (non-hydrogen) atoms. The van der Waals surface area contributed by atoms with Gasteiger partial charge in [0.25, 0.3) is 5.91 Å². The molecule has 2 N–H and O–H groups in total. The van der Waals surface area contributed by atoms with Gasteiger partial charge in [0.1, 0.15) is 10.9 Å². The summed E-state index contributed by atoms with van der Waals surface area (Å²) in [7, 11) is 1.26. The zero-order valence-electron chi connectivity index (χ0n) is 15.5. The van der Waals surface area contributed by atoms with E-state index in [1.54, 1.807) is 18.3 Å². The lowest BCUT2D eigenvalue weighted by molar-refractivity contribution is -0.145. The summed E-state index contributed by atoms with van der Waals surface area (Å²) in [6, 6.07) is 10.2. The van der Waals surface area contributed by atoms with Crippen LogP contribution in [0.3, 0.4) is 0 Å². The fraction of sp³-hybridized carbons (Fsp3) is 0.250. The number of aromatic amines is 1. The van der Waals surface area contributed by atoms with E-state index in [0.717, 1.165) is 21.3 Å². The van der Waals surface area contributed by atoms with Crippen molar-refractivity contribution in [2.45, 2.75) is 19.4 Å². The number of carbonyl (C=O) groups excluding carboxylic acids is 3. The maximum atomic E-state index is 12.2. The van der Waals surface area contributed by atoms with Gasteiger partial charge in [-0.25, -0.2) is 9.59 Å². The molecule has 8 heteroatoms. The van der Waals surface area contributed by atoms with E-state index in [9.17, 15) is 14.4 Å². The standard InChI is InChI=1S/C20H20N2O5S/c1-12-7-8-17(28-12)20(25)27-11-18(23)22-16(19(24)26-2)9-13-10-21-15-6-4-3-5-14(13)15/h3-8,10,16,21H,9,11H2,1-2H3,(H,22,23)/t16-/m0/s1. The maximum Gasteiger partial charge on any atom is 0.348 e. The minimum atomic E-state index is -0.889. The van der Waals surface area contributed by atoms with Gasteiger partial charge in [0.2, 0.25) is 0 Å². The molecular weight excluding hydrogens is 380 g/mol. The monoisotopic (exact) mass is 400 g/mol. The van der Waals surface area contributed by atoms with E-state index < -0.39 is 30.5 Å². The molecule has 0 aliphatic rings. The number of hydrogen-bond acceptors (Lipinski definition) is 6. The molecule has 146 valence electrons. The lowest BCUT2D eigenvalue weighted by Gasteiger charge is -2.16. The molecule has 1 atom stereocenters. The van der Waals surface area contributed by atoms with Crippen LogP contribution in [-0.4, -0.2) is 42.6 Å². The number of hydrogen-bond donors (Lipinski definition) is 2. The number of carbonyl (C=O) groups is 3. The van der Waals surface area contributed by atoms with Gasteiger partial charge in [-0.05, 0) is 30.7 Å². The first-order valence-corrected chi connectivity index (χ1v) is 9.45. The Bertz CT molecular complexity index is 1010. The van der Waals surface area contributed by atoms with Crippen molar-refractivity contribution in [2.75, 3.05) is 13.7 Å². The summed E-state index contributed by atoms with van der Waals surface area (Å²) in [5, 5.41) is 3.54. The second-order valence-electron chi connectivity index (χ2n) is 6.19. The summed E-state index contributed by atoms with van der Waals surface area (Å²) in [6.45, 7) is 1.40. The molecule has 7 nitrogen and oxygen atoms in total. The van der Waals surface area contributed by atoms with Crippen LogP contribution in [0.15, 0.2) is 42.6 Å². The smallest absolute Gasteiger partial charge is 0.348 e. The molecule has 0 aliphatic heterocycles. The number of nitrogens with one attached hydrogen (secondary N) is 2. The Morgan fingerprint density at radius 3 is 2.68 bits per heavy atom. The number of aromatic nitrogens is 1. The van der Waals surface area contributed by atoms with Crippen LogP contribution in [0.4, 0.5) is 0 Å². The van der Waals surface area contributed by atoms with E-state index in [2.05, 4.69) is 10.3 Å². The second-order valence-corrected chi connectivity index (χ2v) is 7.48. The summed E-state index contributed by atoms with van der Waals surface area (Å²) in [5.74, 6) is -1.71. The maximum absolute atomic E-state index is 12.2. The van der Waals surface area contributed by atoms with Crippen LogP contribution in [-0.2, 0) is 25.5 Å². The number of methoxy groups -OCH3 is 1. The average molecular weight is 400 g/mol. The number of rotatable bonds is 7. The molecule has 1 aromatic carbocycles. The van der Waals surface area contributed by atoms with Crippen LogP contribution in [0.1, 0.15) is 20.1 Å². The molecule has 2 aromatic heterocycles.